The molecular weight excluding hydrogens is 506 g/mol. The number of thioether (sulfide) groups is 1. The Hall–Kier alpha value is -4.62. The molecule has 2 heterocycles. The number of allylic oxidation sites excluding steroid dienone is 1. The van der Waals surface area contributed by atoms with E-state index in [9.17, 15) is 4.79 Å². The number of rotatable bonds is 9. The van der Waals surface area contributed by atoms with E-state index < -0.39 is 0 Å². The molecule has 39 heavy (non-hydrogen) atoms. The van der Waals surface area contributed by atoms with E-state index in [1.54, 1.807) is 23.4 Å². The first-order valence-electron chi connectivity index (χ1n) is 12.5. The first-order chi connectivity index (χ1) is 19.1. The Morgan fingerprint density at radius 3 is 2.49 bits per heavy atom. The maximum atomic E-state index is 13.4. The summed E-state index contributed by atoms with van der Waals surface area (Å²) < 4.78 is 11.5. The van der Waals surface area contributed by atoms with Crippen LogP contribution in [0.5, 0.6) is 5.75 Å². The third-order valence-corrected chi connectivity index (χ3v) is 6.78. The third-order valence-electron chi connectivity index (χ3n) is 5.78. The summed E-state index contributed by atoms with van der Waals surface area (Å²) in [4.78, 5) is 15.5. The molecule has 1 aromatic heterocycles. The Labute approximate surface area is 232 Å². The lowest BCUT2D eigenvalue weighted by Crippen LogP contribution is -2.28. The van der Waals surface area contributed by atoms with Crippen LogP contribution < -0.4 is 4.74 Å². The van der Waals surface area contributed by atoms with Crippen molar-refractivity contribution in [1.29, 1.82) is 0 Å². The molecule has 0 saturated carbocycles. The first kappa shape index (κ1) is 26.0. The summed E-state index contributed by atoms with van der Waals surface area (Å²) in [6.07, 6.45) is 7.15. The summed E-state index contributed by atoms with van der Waals surface area (Å²) in [6.45, 7) is 2.70. The summed E-state index contributed by atoms with van der Waals surface area (Å²) in [6, 6.07) is 31.3. The average molecular weight is 534 g/mol. The van der Waals surface area contributed by atoms with Crippen LogP contribution in [0.3, 0.4) is 0 Å². The molecule has 6 nitrogen and oxygen atoms in total. The van der Waals surface area contributed by atoms with Crippen LogP contribution in [0.15, 0.2) is 128 Å². The number of hydrogen-bond donors (Lipinski definition) is 0. The normalized spacial score (nSPS) is 16.1. The van der Waals surface area contributed by atoms with Crippen LogP contribution in [0.1, 0.15) is 29.4 Å². The lowest BCUT2D eigenvalue weighted by atomic mass is 10.1. The van der Waals surface area contributed by atoms with E-state index in [1.807, 2.05) is 110 Å². The van der Waals surface area contributed by atoms with Crippen LogP contribution in [0.2, 0.25) is 0 Å². The van der Waals surface area contributed by atoms with Crippen molar-refractivity contribution in [3.05, 3.63) is 136 Å². The Bertz CT molecular complexity index is 1530. The van der Waals surface area contributed by atoms with Gasteiger partial charge in [-0.15, -0.1) is 5.10 Å². The van der Waals surface area contributed by atoms with Crippen molar-refractivity contribution in [3.8, 4) is 5.75 Å². The molecule has 0 atom stereocenters. The van der Waals surface area contributed by atoms with E-state index >= 15 is 0 Å². The standard InChI is InChI=1S/C32H27N3O3S/c1-24(18-25-10-4-2-5-11-25)21-33-34-32-35(22-29-16-9-17-37-29)31(36)30(39-32)20-27-14-8-15-28(19-27)38-23-26-12-6-3-7-13-26/h2-21H,22-23H2,1H3/b24-18+,30-20-,33-21+,34-32-. The van der Waals surface area contributed by atoms with Gasteiger partial charge in [0.15, 0.2) is 5.17 Å². The number of amidine groups is 1. The zero-order valence-electron chi connectivity index (χ0n) is 21.4. The van der Waals surface area contributed by atoms with E-state index in [1.165, 1.54) is 11.8 Å². The molecule has 0 spiro atoms. The minimum atomic E-state index is -0.155. The molecule has 0 N–H and O–H groups in total. The molecule has 0 radical (unpaired) electrons. The molecule has 194 valence electrons. The van der Waals surface area contributed by atoms with Crippen LogP contribution in [0, 0.1) is 0 Å². The van der Waals surface area contributed by atoms with Gasteiger partial charge in [-0.3, -0.25) is 9.69 Å². The van der Waals surface area contributed by atoms with Gasteiger partial charge in [-0.05, 0) is 71.3 Å². The lowest BCUT2D eigenvalue weighted by Gasteiger charge is -2.12. The van der Waals surface area contributed by atoms with Crippen molar-refractivity contribution in [1.82, 2.24) is 4.90 Å². The number of furan rings is 1. The fourth-order valence-corrected chi connectivity index (χ4v) is 4.82. The van der Waals surface area contributed by atoms with Crippen LogP contribution in [0.25, 0.3) is 12.2 Å². The van der Waals surface area contributed by atoms with Gasteiger partial charge in [0, 0.05) is 0 Å². The third kappa shape index (κ3) is 7.24. The van der Waals surface area contributed by atoms with Crippen LogP contribution >= 0.6 is 11.8 Å². The number of benzene rings is 3. The molecule has 0 unspecified atom stereocenters. The second kappa shape index (κ2) is 12.8. The van der Waals surface area contributed by atoms with Gasteiger partial charge >= 0.3 is 0 Å². The topological polar surface area (TPSA) is 67.4 Å². The molecule has 3 aromatic carbocycles. The largest absolute Gasteiger partial charge is 0.489 e. The highest BCUT2D eigenvalue weighted by atomic mass is 32.2. The highest BCUT2D eigenvalue weighted by Gasteiger charge is 2.34. The minimum Gasteiger partial charge on any atom is -0.489 e. The summed E-state index contributed by atoms with van der Waals surface area (Å²) in [5.74, 6) is 1.24. The molecule has 1 aliphatic heterocycles. The van der Waals surface area contributed by atoms with Crippen molar-refractivity contribution in [3.63, 3.8) is 0 Å². The van der Waals surface area contributed by atoms with Gasteiger partial charge in [-0.25, -0.2) is 0 Å². The predicted molar refractivity (Wildman–Crippen MR) is 158 cm³/mol. The summed E-state index contributed by atoms with van der Waals surface area (Å²) in [7, 11) is 0. The summed E-state index contributed by atoms with van der Waals surface area (Å²) in [5.41, 5.74) is 3.98. The molecule has 0 aliphatic carbocycles. The Morgan fingerprint density at radius 1 is 0.949 bits per heavy atom. The lowest BCUT2D eigenvalue weighted by molar-refractivity contribution is -0.122. The number of ether oxygens (including phenoxy) is 1. The summed E-state index contributed by atoms with van der Waals surface area (Å²) in [5, 5.41) is 9.16. The molecule has 0 bridgehead atoms. The number of carbonyl (C=O) groups is 1. The van der Waals surface area contributed by atoms with Gasteiger partial charge in [0.05, 0.1) is 23.9 Å². The SMILES string of the molecule is CC(/C=N/N=C1\S/C(=C\c2cccc(OCc3ccccc3)c2)C(=O)N1Cc1ccco1)=C\c1ccccc1. The minimum absolute atomic E-state index is 0.155. The van der Waals surface area contributed by atoms with Gasteiger partial charge in [-0.1, -0.05) is 78.9 Å². The second-order valence-corrected chi connectivity index (χ2v) is 9.86. The zero-order chi connectivity index (χ0) is 26.9. The van der Waals surface area contributed by atoms with E-state index in [0.717, 1.165) is 28.0 Å². The number of carbonyl (C=O) groups excluding carboxylic acids is 1. The Morgan fingerprint density at radius 2 is 1.72 bits per heavy atom. The second-order valence-electron chi connectivity index (χ2n) is 8.85. The highest BCUT2D eigenvalue weighted by Crippen LogP contribution is 2.34. The molecule has 5 rings (SSSR count). The van der Waals surface area contributed by atoms with Gasteiger partial charge in [0.2, 0.25) is 0 Å². The van der Waals surface area contributed by atoms with Crippen molar-refractivity contribution in [2.75, 3.05) is 0 Å². The molecule has 7 heteroatoms. The van der Waals surface area contributed by atoms with Gasteiger partial charge in [-0.2, -0.15) is 5.10 Å². The van der Waals surface area contributed by atoms with E-state index in [-0.39, 0.29) is 12.5 Å². The molecule has 1 saturated heterocycles. The van der Waals surface area contributed by atoms with Crippen molar-refractivity contribution in [2.45, 2.75) is 20.1 Å². The molecular formula is C32H27N3O3S. The van der Waals surface area contributed by atoms with Crippen LogP contribution in [-0.2, 0) is 17.9 Å². The van der Waals surface area contributed by atoms with E-state index in [2.05, 4.69) is 10.2 Å². The number of amides is 1. The average Bonchev–Trinajstić information content (AvgIpc) is 3.58. The maximum Gasteiger partial charge on any atom is 0.267 e. The Kier molecular flexibility index (Phi) is 8.51. The quantitative estimate of drug-likeness (QED) is 0.128. The predicted octanol–water partition coefficient (Wildman–Crippen LogP) is 7.42. The van der Waals surface area contributed by atoms with Crippen LogP contribution in [0.4, 0.5) is 0 Å². The van der Waals surface area contributed by atoms with Gasteiger partial charge in [0.1, 0.15) is 18.1 Å². The fourth-order valence-electron chi connectivity index (χ4n) is 3.89. The maximum absolute atomic E-state index is 13.4. The number of hydrogen-bond acceptors (Lipinski definition) is 6. The monoisotopic (exact) mass is 533 g/mol. The van der Waals surface area contributed by atoms with Crippen LogP contribution in [-0.4, -0.2) is 22.2 Å². The van der Waals surface area contributed by atoms with E-state index in [4.69, 9.17) is 9.15 Å². The van der Waals surface area contributed by atoms with Crippen molar-refractivity contribution in [2.24, 2.45) is 10.2 Å². The fraction of sp³-hybridized carbons (Fsp3) is 0.0938. The molecule has 1 aliphatic rings. The molecule has 1 fully saturated rings. The highest BCUT2D eigenvalue weighted by molar-refractivity contribution is 8.18. The Balaban J connectivity index is 1.34. The first-order valence-corrected chi connectivity index (χ1v) is 13.3. The van der Waals surface area contributed by atoms with Crippen molar-refractivity contribution >= 4 is 41.2 Å². The molecule has 4 aromatic rings. The van der Waals surface area contributed by atoms with Gasteiger partial charge < -0.3 is 9.15 Å². The molecule has 1 amide bonds. The smallest absolute Gasteiger partial charge is 0.267 e. The van der Waals surface area contributed by atoms with Gasteiger partial charge in [0.25, 0.3) is 5.91 Å². The summed E-state index contributed by atoms with van der Waals surface area (Å²) >= 11 is 1.29. The van der Waals surface area contributed by atoms with Crippen molar-refractivity contribution < 1.29 is 13.9 Å². The van der Waals surface area contributed by atoms with E-state index in [0.29, 0.717) is 22.4 Å². The zero-order valence-corrected chi connectivity index (χ0v) is 22.3. The number of nitrogens with zero attached hydrogens (tertiary/aromatic N) is 3.